The minimum Gasteiger partial charge on any atom is -0.383 e. The van der Waals surface area contributed by atoms with Crippen LogP contribution < -0.4 is 5.73 Å². The van der Waals surface area contributed by atoms with Crippen molar-refractivity contribution >= 4 is 17.2 Å². The van der Waals surface area contributed by atoms with Crippen LogP contribution in [-0.2, 0) is 6.42 Å². The number of nitrogens with zero attached hydrogens (tertiary/aromatic N) is 3. The predicted molar refractivity (Wildman–Crippen MR) is 56.1 cm³/mol. The van der Waals surface area contributed by atoms with Gasteiger partial charge in [-0.15, -0.1) is 11.3 Å². The zero-order valence-corrected chi connectivity index (χ0v) is 8.58. The summed E-state index contributed by atoms with van der Waals surface area (Å²) < 4.78 is 0. The molecule has 0 aliphatic heterocycles. The molecule has 0 fully saturated rings. The van der Waals surface area contributed by atoms with Crippen LogP contribution in [0, 0.1) is 6.92 Å². The summed E-state index contributed by atoms with van der Waals surface area (Å²) in [7, 11) is 0. The minimum absolute atomic E-state index is 0.548. The molecule has 2 rings (SSSR count). The normalized spacial score (nSPS) is 10.4. The van der Waals surface area contributed by atoms with Crippen LogP contribution in [0.4, 0.5) is 5.82 Å². The zero-order valence-electron chi connectivity index (χ0n) is 7.77. The highest BCUT2D eigenvalue weighted by molar-refractivity contribution is 7.09. The van der Waals surface area contributed by atoms with Crippen molar-refractivity contribution in [1.29, 1.82) is 0 Å². The highest BCUT2D eigenvalue weighted by atomic mass is 32.1. The smallest absolute Gasteiger partial charge is 0.129 e. The first kappa shape index (κ1) is 9.08. The molecular weight excluding hydrogens is 196 g/mol. The van der Waals surface area contributed by atoms with E-state index in [0.717, 1.165) is 22.7 Å². The summed E-state index contributed by atoms with van der Waals surface area (Å²) in [6.07, 6.45) is 4.02. The van der Waals surface area contributed by atoms with Crippen LogP contribution in [0.25, 0.3) is 0 Å². The molecule has 0 spiro atoms. The fourth-order valence-electron chi connectivity index (χ4n) is 1.16. The Hall–Kier alpha value is -1.49. The monoisotopic (exact) mass is 206 g/mol. The molecule has 0 radical (unpaired) electrons. The molecule has 4 nitrogen and oxygen atoms in total. The summed E-state index contributed by atoms with van der Waals surface area (Å²) in [5.41, 5.74) is 7.58. The van der Waals surface area contributed by atoms with Crippen LogP contribution in [0.1, 0.15) is 16.3 Å². The fourth-order valence-corrected chi connectivity index (χ4v) is 1.78. The maximum atomic E-state index is 5.68. The molecule has 0 aliphatic carbocycles. The first-order valence-electron chi connectivity index (χ1n) is 4.21. The highest BCUT2D eigenvalue weighted by Gasteiger charge is 2.06. The van der Waals surface area contributed by atoms with Gasteiger partial charge in [0.1, 0.15) is 12.1 Å². The van der Waals surface area contributed by atoms with Gasteiger partial charge in [0.2, 0.25) is 0 Å². The zero-order chi connectivity index (χ0) is 9.97. The van der Waals surface area contributed by atoms with Crippen molar-refractivity contribution < 1.29 is 0 Å². The second-order valence-corrected chi connectivity index (χ2v) is 3.91. The van der Waals surface area contributed by atoms with Crippen molar-refractivity contribution in [2.75, 3.05) is 5.73 Å². The average Bonchev–Trinajstić information content (AvgIpc) is 2.66. The number of hydrogen-bond donors (Lipinski definition) is 1. The fraction of sp³-hybridized carbons (Fsp3) is 0.222. The van der Waals surface area contributed by atoms with Crippen LogP contribution >= 0.6 is 11.3 Å². The second kappa shape index (κ2) is 3.71. The number of hydrogen-bond acceptors (Lipinski definition) is 5. The van der Waals surface area contributed by atoms with Crippen molar-refractivity contribution in [3.63, 3.8) is 0 Å². The van der Waals surface area contributed by atoms with E-state index in [2.05, 4.69) is 15.0 Å². The van der Waals surface area contributed by atoms with Crippen LogP contribution in [0.15, 0.2) is 17.9 Å². The Morgan fingerprint density at radius 1 is 1.36 bits per heavy atom. The number of aromatic nitrogens is 3. The average molecular weight is 206 g/mol. The van der Waals surface area contributed by atoms with Crippen LogP contribution in [0.5, 0.6) is 0 Å². The molecule has 14 heavy (non-hydrogen) atoms. The molecule has 0 unspecified atom stereocenters. The molecule has 0 saturated carbocycles. The van der Waals surface area contributed by atoms with Gasteiger partial charge in [-0.05, 0) is 6.92 Å². The predicted octanol–water partition coefficient (Wildman–Crippen LogP) is 1.41. The lowest BCUT2D eigenvalue weighted by Gasteiger charge is -2.03. The molecule has 0 aromatic carbocycles. The number of nitrogen functional groups attached to an aromatic ring is 1. The maximum Gasteiger partial charge on any atom is 0.129 e. The molecule has 5 heteroatoms. The molecule has 0 saturated heterocycles. The number of thiazole rings is 1. The standard InChI is InChI=1S/C9H10N4S/c1-6-7(12-5-13-9(6)10)4-8-11-2-3-14-8/h2-3,5H,4H2,1H3,(H2,10,12,13). The Morgan fingerprint density at radius 3 is 2.93 bits per heavy atom. The van der Waals surface area contributed by atoms with Crippen molar-refractivity contribution in [3.8, 4) is 0 Å². The van der Waals surface area contributed by atoms with Gasteiger partial charge in [-0.1, -0.05) is 0 Å². The number of anilines is 1. The minimum atomic E-state index is 0.548. The lowest BCUT2D eigenvalue weighted by Crippen LogP contribution is -2.02. The third-order valence-electron chi connectivity index (χ3n) is 2.03. The van der Waals surface area contributed by atoms with Crippen LogP contribution in [0.2, 0.25) is 0 Å². The van der Waals surface area contributed by atoms with E-state index in [-0.39, 0.29) is 0 Å². The molecule has 0 amide bonds. The first-order chi connectivity index (χ1) is 6.77. The van der Waals surface area contributed by atoms with Gasteiger partial charge in [0.15, 0.2) is 0 Å². The third-order valence-corrected chi connectivity index (χ3v) is 2.81. The number of nitrogens with two attached hydrogens (primary N) is 1. The lowest BCUT2D eigenvalue weighted by molar-refractivity contribution is 0.990. The molecule has 2 heterocycles. The maximum absolute atomic E-state index is 5.68. The molecule has 2 aromatic heterocycles. The Kier molecular flexibility index (Phi) is 2.41. The lowest BCUT2D eigenvalue weighted by atomic mass is 10.2. The van der Waals surface area contributed by atoms with Crippen molar-refractivity contribution in [3.05, 3.63) is 34.2 Å². The Bertz CT molecular complexity index is 424. The van der Waals surface area contributed by atoms with E-state index in [0.29, 0.717) is 5.82 Å². The Balaban J connectivity index is 2.29. The van der Waals surface area contributed by atoms with Crippen LogP contribution in [-0.4, -0.2) is 15.0 Å². The quantitative estimate of drug-likeness (QED) is 0.807. The van der Waals surface area contributed by atoms with E-state index in [1.807, 2.05) is 12.3 Å². The molecular formula is C9H10N4S. The topological polar surface area (TPSA) is 64.7 Å². The van der Waals surface area contributed by atoms with E-state index >= 15 is 0 Å². The summed E-state index contributed by atoms with van der Waals surface area (Å²) >= 11 is 1.62. The summed E-state index contributed by atoms with van der Waals surface area (Å²) in [5, 5.41) is 3.00. The summed E-state index contributed by atoms with van der Waals surface area (Å²) in [6.45, 7) is 1.93. The SMILES string of the molecule is Cc1c(N)ncnc1Cc1nccs1. The molecule has 2 aromatic rings. The Morgan fingerprint density at radius 2 is 2.21 bits per heavy atom. The molecule has 72 valence electrons. The largest absolute Gasteiger partial charge is 0.383 e. The summed E-state index contributed by atoms with van der Waals surface area (Å²) in [4.78, 5) is 12.3. The van der Waals surface area contributed by atoms with Gasteiger partial charge in [-0.25, -0.2) is 15.0 Å². The van der Waals surface area contributed by atoms with Gasteiger partial charge in [-0.3, -0.25) is 0 Å². The first-order valence-corrected chi connectivity index (χ1v) is 5.09. The molecule has 0 atom stereocenters. The van der Waals surface area contributed by atoms with Crippen molar-refractivity contribution in [1.82, 2.24) is 15.0 Å². The van der Waals surface area contributed by atoms with Gasteiger partial charge in [0.25, 0.3) is 0 Å². The third kappa shape index (κ3) is 1.72. The van der Waals surface area contributed by atoms with Crippen molar-refractivity contribution in [2.45, 2.75) is 13.3 Å². The molecule has 0 bridgehead atoms. The molecule has 0 aliphatic rings. The van der Waals surface area contributed by atoms with E-state index in [1.165, 1.54) is 6.33 Å². The van der Waals surface area contributed by atoms with Gasteiger partial charge < -0.3 is 5.73 Å². The van der Waals surface area contributed by atoms with Gasteiger partial charge in [0.05, 0.1) is 10.7 Å². The van der Waals surface area contributed by atoms with Gasteiger partial charge in [-0.2, -0.15) is 0 Å². The number of rotatable bonds is 2. The summed E-state index contributed by atoms with van der Waals surface area (Å²) in [6, 6.07) is 0. The highest BCUT2D eigenvalue weighted by Crippen LogP contribution is 2.15. The van der Waals surface area contributed by atoms with E-state index in [4.69, 9.17) is 5.73 Å². The van der Waals surface area contributed by atoms with E-state index in [9.17, 15) is 0 Å². The van der Waals surface area contributed by atoms with Crippen molar-refractivity contribution in [2.24, 2.45) is 0 Å². The van der Waals surface area contributed by atoms with E-state index < -0.39 is 0 Å². The Labute approximate surface area is 85.9 Å². The second-order valence-electron chi connectivity index (χ2n) is 2.93. The van der Waals surface area contributed by atoms with Crippen LogP contribution in [0.3, 0.4) is 0 Å². The van der Waals surface area contributed by atoms with Gasteiger partial charge in [0, 0.05) is 23.6 Å². The molecule has 2 N–H and O–H groups in total. The summed E-state index contributed by atoms with van der Waals surface area (Å²) in [5.74, 6) is 0.548. The van der Waals surface area contributed by atoms with E-state index in [1.54, 1.807) is 17.5 Å². The van der Waals surface area contributed by atoms with Gasteiger partial charge >= 0.3 is 0 Å².